The number of rotatable bonds is 5. The Bertz CT molecular complexity index is 478. The number of carbonyl (C=O) groups excluding carboxylic acids is 1. The highest BCUT2D eigenvalue weighted by molar-refractivity contribution is 5.73. The lowest BCUT2D eigenvalue weighted by molar-refractivity contribution is -0.318. The molecule has 2 fully saturated rings. The molecule has 0 saturated carbocycles. The smallest absolute Gasteiger partial charge is 0.217 e. The minimum absolute atomic E-state index is 0.467. The molecule has 0 aromatic rings. The van der Waals surface area contributed by atoms with Crippen molar-refractivity contribution in [2.45, 2.75) is 68.3 Å². The molecule has 2 rings (SSSR count). The topological polar surface area (TPSA) is 198 Å². The first kappa shape index (κ1) is 21.4. The Labute approximate surface area is 148 Å². The number of hydrogen-bond acceptors (Lipinski definition) is 11. The van der Waals surface area contributed by atoms with Crippen molar-refractivity contribution in [2.75, 3.05) is 13.2 Å². The monoisotopic (exact) mass is 383 g/mol. The first-order valence-corrected chi connectivity index (χ1v) is 8.06. The molecule has 0 radical (unpaired) electrons. The summed E-state index contributed by atoms with van der Waals surface area (Å²) in [6, 6.07) is -1.24. The standard InChI is InChI=1S/C14H25NO11/c1-4(17)15-7-10(20)9(19)6(25-13(7)23)3-24-14-12(22)11(21)8(18)5(2-16)26-14/h5-14,16,18-23H,2-3H2,1H3,(H,15,17)/t5-,6-,7-,8+,9+,10-,11+,12-,13?,14+/m1/s1. The quantitative estimate of drug-likeness (QED) is 0.226. The number of aliphatic hydroxyl groups excluding tert-OH is 7. The fourth-order valence-electron chi connectivity index (χ4n) is 2.87. The van der Waals surface area contributed by atoms with Gasteiger partial charge in [-0.3, -0.25) is 4.79 Å². The summed E-state index contributed by atoms with van der Waals surface area (Å²) in [5, 5.41) is 70.6. The molecule has 2 saturated heterocycles. The lowest BCUT2D eigenvalue weighted by Crippen LogP contribution is -2.64. The van der Waals surface area contributed by atoms with Crippen LogP contribution in [0, 0.1) is 0 Å². The maximum atomic E-state index is 11.1. The zero-order chi connectivity index (χ0) is 19.6. The SMILES string of the molecule is CC(=O)N[C@H]1C(O)O[C@H](CO[C@H]2O[C@H](CO)[C@H](O)[C@H](O)[C@H]2O)[C@H](O)[C@@H]1O. The molecule has 0 spiro atoms. The summed E-state index contributed by atoms with van der Waals surface area (Å²) in [7, 11) is 0. The number of ether oxygens (including phenoxy) is 3. The molecule has 12 heteroatoms. The second-order valence-electron chi connectivity index (χ2n) is 6.30. The van der Waals surface area contributed by atoms with Gasteiger partial charge in [0.05, 0.1) is 13.2 Å². The van der Waals surface area contributed by atoms with Gasteiger partial charge in [0, 0.05) is 6.92 Å². The van der Waals surface area contributed by atoms with E-state index in [4.69, 9.17) is 19.3 Å². The van der Waals surface area contributed by atoms with Gasteiger partial charge in [-0.1, -0.05) is 0 Å². The van der Waals surface area contributed by atoms with Gasteiger partial charge in [-0.05, 0) is 0 Å². The maximum absolute atomic E-state index is 11.1. The summed E-state index contributed by atoms with van der Waals surface area (Å²) in [6.45, 7) is 0.0636. The number of aliphatic hydroxyl groups is 7. The first-order chi connectivity index (χ1) is 12.2. The zero-order valence-corrected chi connectivity index (χ0v) is 14.0. The molecule has 152 valence electrons. The van der Waals surface area contributed by atoms with E-state index in [1.165, 1.54) is 6.92 Å². The van der Waals surface area contributed by atoms with E-state index in [1.807, 2.05) is 0 Å². The Morgan fingerprint density at radius 3 is 2.12 bits per heavy atom. The van der Waals surface area contributed by atoms with Crippen LogP contribution in [0.4, 0.5) is 0 Å². The predicted molar refractivity (Wildman–Crippen MR) is 80.2 cm³/mol. The zero-order valence-electron chi connectivity index (χ0n) is 14.0. The van der Waals surface area contributed by atoms with Crippen LogP contribution >= 0.6 is 0 Å². The van der Waals surface area contributed by atoms with E-state index < -0.39 is 80.5 Å². The molecule has 0 aromatic carbocycles. The van der Waals surface area contributed by atoms with Crippen LogP contribution in [0.2, 0.25) is 0 Å². The van der Waals surface area contributed by atoms with Crippen molar-refractivity contribution in [1.29, 1.82) is 0 Å². The lowest BCUT2D eigenvalue weighted by Gasteiger charge is -2.42. The van der Waals surface area contributed by atoms with Gasteiger partial charge in [-0.25, -0.2) is 0 Å². The normalized spacial score (nSPS) is 46.8. The molecule has 1 amide bonds. The molecule has 10 atom stereocenters. The first-order valence-electron chi connectivity index (χ1n) is 8.06. The molecule has 1 unspecified atom stereocenters. The van der Waals surface area contributed by atoms with Gasteiger partial charge in [0.1, 0.15) is 48.8 Å². The van der Waals surface area contributed by atoms with Crippen LogP contribution in [0.5, 0.6) is 0 Å². The van der Waals surface area contributed by atoms with Crippen LogP contribution in [0.25, 0.3) is 0 Å². The van der Waals surface area contributed by atoms with Crippen molar-refractivity contribution in [3.8, 4) is 0 Å². The highest BCUT2D eigenvalue weighted by Gasteiger charge is 2.47. The van der Waals surface area contributed by atoms with Gasteiger partial charge in [0.15, 0.2) is 12.6 Å². The van der Waals surface area contributed by atoms with Gasteiger partial charge in [0.2, 0.25) is 5.91 Å². The molecule has 0 aromatic heterocycles. The largest absolute Gasteiger partial charge is 0.394 e. The Kier molecular flexibility index (Phi) is 7.27. The molecule has 12 nitrogen and oxygen atoms in total. The number of nitrogens with one attached hydrogen (secondary N) is 1. The summed E-state index contributed by atoms with van der Waals surface area (Å²) in [6.07, 6.45) is -13.4. The molecule has 26 heavy (non-hydrogen) atoms. The van der Waals surface area contributed by atoms with Crippen LogP contribution < -0.4 is 5.32 Å². The highest BCUT2D eigenvalue weighted by Crippen LogP contribution is 2.24. The van der Waals surface area contributed by atoms with Crippen molar-refractivity contribution in [3.63, 3.8) is 0 Å². The van der Waals surface area contributed by atoms with Crippen LogP contribution in [-0.4, -0.2) is 116 Å². The fourth-order valence-corrected chi connectivity index (χ4v) is 2.87. The molecule has 0 bridgehead atoms. The van der Waals surface area contributed by atoms with Gasteiger partial charge in [-0.2, -0.15) is 0 Å². The molecular weight excluding hydrogens is 358 g/mol. The fraction of sp³-hybridized carbons (Fsp3) is 0.929. The summed E-state index contributed by atoms with van der Waals surface area (Å²) >= 11 is 0. The molecule has 0 aliphatic carbocycles. The van der Waals surface area contributed by atoms with Crippen LogP contribution in [-0.2, 0) is 19.0 Å². The summed E-state index contributed by atoms with van der Waals surface area (Å²) in [5.74, 6) is -0.542. The highest BCUT2D eigenvalue weighted by atomic mass is 16.7. The lowest BCUT2D eigenvalue weighted by atomic mass is 9.97. The second-order valence-corrected chi connectivity index (χ2v) is 6.30. The van der Waals surface area contributed by atoms with Crippen molar-refractivity contribution in [1.82, 2.24) is 5.32 Å². The van der Waals surface area contributed by atoms with E-state index in [1.54, 1.807) is 0 Å². The molecule has 2 aliphatic heterocycles. The minimum atomic E-state index is -1.64. The summed E-state index contributed by atoms with van der Waals surface area (Å²) in [4.78, 5) is 11.1. The van der Waals surface area contributed by atoms with Crippen molar-refractivity contribution >= 4 is 5.91 Å². The Morgan fingerprint density at radius 2 is 1.54 bits per heavy atom. The second kappa shape index (κ2) is 8.84. The Hall–Kier alpha value is -0.930. The third-order valence-corrected chi connectivity index (χ3v) is 4.36. The number of hydrogen-bond donors (Lipinski definition) is 8. The maximum Gasteiger partial charge on any atom is 0.217 e. The van der Waals surface area contributed by atoms with Crippen LogP contribution in [0.3, 0.4) is 0 Å². The van der Waals surface area contributed by atoms with Gasteiger partial charge >= 0.3 is 0 Å². The van der Waals surface area contributed by atoms with E-state index in [0.717, 1.165) is 0 Å². The van der Waals surface area contributed by atoms with Gasteiger partial charge in [-0.15, -0.1) is 0 Å². The number of amides is 1. The Morgan fingerprint density at radius 1 is 0.923 bits per heavy atom. The molecule has 8 N–H and O–H groups in total. The van der Waals surface area contributed by atoms with Crippen molar-refractivity contribution < 1.29 is 54.8 Å². The molecular formula is C14H25NO11. The van der Waals surface area contributed by atoms with E-state index in [0.29, 0.717) is 0 Å². The summed E-state index contributed by atoms with van der Waals surface area (Å²) < 4.78 is 15.5. The minimum Gasteiger partial charge on any atom is -0.394 e. The third kappa shape index (κ3) is 4.48. The van der Waals surface area contributed by atoms with E-state index >= 15 is 0 Å². The Balaban J connectivity index is 1.95. The molecule has 2 aliphatic rings. The number of carbonyl (C=O) groups is 1. The van der Waals surface area contributed by atoms with Crippen molar-refractivity contribution in [2.24, 2.45) is 0 Å². The average molecular weight is 383 g/mol. The third-order valence-electron chi connectivity index (χ3n) is 4.36. The van der Waals surface area contributed by atoms with Crippen molar-refractivity contribution in [3.05, 3.63) is 0 Å². The van der Waals surface area contributed by atoms with Gasteiger partial charge in [0.25, 0.3) is 0 Å². The van der Waals surface area contributed by atoms with E-state index in [-0.39, 0.29) is 0 Å². The predicted octanol–water partition coefficient (Wildman–Crippen LogP) is -5.25. The molecule has 2 heterocycles. The van der Waals surface area contributed by atoms with Crippen LogP contribution in [0.1, 0.15) is 6.92 Å². The van der Waals surface area contributed by atoms with Crippen LogP contribution in [0.15, 0.2) is 0 Å². The van der Waals surface area contributed by atoms with E-state index in [9.17, 15) is 35.4 Å². The average Bonchev–Trinajstić information content (AvgIpc) is 2.59. The van der Waals surface area contributed by atoms with Gasteiger partial charge < -0.3 is 55.3 Å². The van der Waals surface area contributed by atoms with E-state index in [2.05, 4.69) is 5.32 Å². The summed E-state index contributed by atoms with van der Waals surface area (Å²) in [5.41, 5.74) is 0.